The van der Waals surface area contributed by atoms with Crippen molar-refractivity contribution >= 4 is 17.3 Å². The molecule has 0 bridgehead atoms. The van der Waals surface area contributed by atoms with Gasteiger partial charge in [-0.2, -0.15) is 0 Å². The normalized spacial score (nSPS) is 6.91. The molecule has 1 rings (SSSR count). The van der Waals surface area contributed by atoms with Crippen LogP contribution in [0.15, 0.2) is 24.3 Å². The van der Waals surface area contributed by atoms with Gasteiger partial charge in [0.25, 0.3) is 0 Å². The van der Waals surface area contributed by atoms with E-state index >= 15 is 0 Å². The summed E-state index contributed by atoms with van der Waals surface area (Å²) in [6, 6.07) is 6.58. The Bertz CT molecular complexity index is 242. The Morgan fingerprint density at radius 2 is 1.64 bits per heavy atom. The molecular formula is C6H6Cl2N2O. The highest BCUT2D eigenvalue weighted by Gasteiger charge is 1.99. The van der Waals surface area contributed by atoms with Crippen LogP contribution in [0.1, 0.15) is 0 Å². The van der Waals surface area contributed by atoms with Gasteiger partial charge in [-0.3, -0.25) is 0 Å². The molecule has 0 aliphatic carbocycles. The lowest BCUT2D eigenvalue weighted by Crippen LogP contribution is -3.00. The van der Waals surface area contributed by atoms with E-state index in [1.165, 1.54) is 0 Å². The van der Waals surface area contributed by atoms with Crippen molar-refractivity contribution < 1.29 is 17.9 Å². The summed E-state index contributed by atoms with van der Waals surface area (Å²) >= 11 is 5.55. The average Bonchev–Trinajstić information content (AvgIpc) is 1.90. The van der Waals surface area contributed by atoms with Crippen molar-refractivity contribution in [3.05, 3.63) is 34.3 Å². The van der Waals surface area contributed by atoms with E-state index in [9.17, 15) is 0 Å². The molecule has 0 spiro atoms. The lowest BCUT2D eigenvalue weighted by Gasteiger charge is -1.78. The van der Waals surface area contributed by atoms with E-state index in [-0.39, 0.29) is 17.9 Å². The van der Waals surface area contributed by atoms with Gasteiger partial charge in [-0.05, 0) is 12.1 Å². The van der Waals surface area contributed by atoms with Gasteiger partial charge < -0.3 is 17.9 Å². The summed E-state index contributed by atoms with van der Waals surface area (Å²) in [7, 11) is 0. The first kappa shape index (κ1) is 12.8. The second-order valence-electron chi connectivity index (χ2n) is 1.58. The molecule has 0 saturated carbocycles. The summed E-state index contributed by atoms with van der Waals surface area (Å²) in [5.41, 5.74) is 0.513. The molecule has 0 unspecified atom stereocenters. The van der Waals surface area contributed by atoms with Gasteiger partial charge in [-0.1, -0.05) is 11.6 Å². The van der Waals surface area contributed by atoms with Gasteiger partial charge in [-0.15, -0.1) is 0 Å². The Labute approximate surface area is 75.3 Å². The summed E-state index contributed by atoms with van der Waals surface area (Å²) in [6.45, 7) is 0. The molecule has 3 nitrogen and oxygen atoms in total. The molecule has 11 heavy (non-hydrogen) atoms. The number of hydrogen-bond acceptors (Lipinski definition) is 1. The highest BCUT2D eigenvalue weighted by atomic mass is 35.5. The molecule has 0 radical (unpaired) electrons. The summed E-state index contributed by atoms with van der Waals surface area (Å²) in [6.07, 6.45) is 0. The van der Waals surface area contributed by atoms with Crippen LogP contribution in [0.5, 0.6) is 0 Å². The molecule has 1 aromatic carbocycles. The van der Waals surface area contributed by atoms with E-state index in [2.05, 4.69) is 4.98 Å². The Balaban J connectivity index is 0. The fraction of sp³-hybridized carbons (Fsp3) is 0. The van der Waals surface area contributed by atoms with Crippen LogP contribution in [0.2, 0.25) is 5.02 Å². The van der Waals surface area contributed by atoms with Gasteiger partial charge in [0.1, 0.15) is 0 Å². The fourth-order valence-electron chi connectivity index (χ4n) is 0.508. The maximum Gasteiger partial charge on any atom is 0.385 e. The number of halogens is 2. The zero-order valence-electron chi connectivity index (χ0n) is 5.46. The molecular weight excluding hydrogens is 187 g/mol. The van der Waals surface area contributed by atoms with Crippen molar-refractivity contribution in [2.24, 2.45) is 0 Å². The summed E-state index contributed by atoms with van der Waals surface area (Å²) in [5, 5.41) is 8.85. The number of rotatable bonds is 0. The predicted molar refractivity (Wildman–Crippen MR) is 39.8 cm³/mol. The standard InChI is InChI=1S/C6H4ClN2.ClH.H2O/c7-5-1-3-6(9-8)4-2-5;;/h1-4H;1H;1H2/q+1;;/p-1. The molecule has 0 fully saturated rings. The van der Waals surface area contributed by atoms with E-state index in [4.69, 9.17) is 17.0 Å². The van der Waals surface area contributed by atoms with Crippen molar-refractivity contribution in [3.63, 3.8) is 0 Å². The minimum Gasteiger partial charge on any atom is -1.00 e. The Morgan fingerprint density at radius 1 is 1.18 bits per heavy atom. The Kier molecular flexibility index (Phi) is 6.91. The summed E-state index contributed by atoms with van der Waals surface area (Å²) < 4.78 is 0. The predicted octanol–water partition coefficient (Wildman–Crippen LogP) is -0.996. The summed E-state index contributed by atoms with van der Waals surface area (Å²) in [5.74, 6) is 0. The Hall–Kier alpha value is -0.820. The van der Waals surface area contributed by atoms with Crippen molar-refractivity contribution in [3.8, 4) is 0 Å². The quantitative estimate of drug-likeness (QED) is 0.487. The highest BCUT2D eigenvalue weighted by Crippen LogP contribution is 2.15. The van der Waals surface area contributed by atoms with Gasteiger partial charge in [-0.25, -0.2) is 0 Å². The third-order valence-corrected chi connectivity index (χ3v) is 1.19. The average molecular weight is 193 g/mol. The van der Waals surface area contributed by atoms with Crippen LogP contribution in [0, 0.1) is 5.39 Å². The second kappa shape index (κ2) is 5.93. The van der Waals surface area contributed by atoms with Crippen molar-refractivity contribution in [2.45, 2.75) is 0 Å². The van der Waals surface area contributed by atoms with Gasteiger partial charge in [0.2, 0.25) is 5.39 Å². The third kappa shape index (κ3) is 3.79. The zero-order valence-corrected chi connectivity index (χ0v) is 6.97. The van der Waals surface area contributed by atoms with Gasteiger partial charge in [0.05, 0.1) is 0 Å². The molecule has 0 atom stereocenters. The van der Waals surface area contributed by atoms with Gasteiger partial charge >= 0.3 is 5.69 Å². The van der Waals surface area contributed by atoms with Crippen LogP contribution in [0.25, 0.3) is 4.98 Å². The second-order valence-corrected chi connectivity index (χ2v) is 2.01. The van der Waals surface area contributed by atoms with E-state index in [1.54, 1.807) is 24.3 Å². The Morgan fingerprint density at radius 3 is 2.00 bits per heavy atom. The first-order chi connectivity index (χ1) is 4.33. The molecule has 0 amide bonds. The minimum absolute atomic E-state index is 0. The van der Waals surface area contributed by atoms with Crippen molar-refractivity contribution in [1.29, 1.82) is 5.39 Å². The molecule has 2 N–H and O–H groups in total. The molecule has 1 aromatic rings. The van der Waals surface area contributed by atoms with Gasteiger partial charge in [0.15, 0.2) is 4.98 Å². The van der Waals surface area contributed by atoms with Crippen LogP contribution in [0.4, 0.5) is 5.69 Å². The summed E-state index contributed by atoms with van der Waals surface area (Å²) in [4.78, 5) is 2.95. The van der Waals surface area contributed by atoms with E-state index in [0.29, 0.717) is 10.7 Å². The van der Waals surface area contributed by atoms with Crippen LogP contribution >= 0.6 is 11.6 Å². The van der Waals surface area contributed by atoms with E-state index < -0.39 is 0 Å². The van der Waals surface area contributed by atoms with E-state index in [1.807, 2.05) is 0 Å². The lowest BCUT2D eigenvalue weighted by molar-refractivity contribution is -0.00000317. The van der Waals surface area contributed by atoms with Crippen LogP contribution in [-0.4, -0.2) is 5.48 Å². The largest absolute Gasteiger partial charge is 1.00 e. The topological polar surface area (TPSA) is 59.6 Å². The maximum absolute atomic E-state index is 8.21. The van der Waals surface area contributed by atoms with Crippen LogP contribution in [0.3, 0.4) is 0 Å². The zero-order chi connectivity index (χ0) is 6.69. The smallest absolute Gasteiger partial charge is 0.385 e. The molecule has 0 aliphatic rings. The van der Waals surface area contributed by atoms with Crippen LogP contribution in [-0.2, 0) is 0 Å². The third-order valence-electron chi connectivity index (χ3n) is 0.942. The number of diazo groups is 1. The first-order valence-electron chi connectivity index (χ1n) is 2.43. The van der Waals surface area contributed by atoms with Gasteiger partial charge in [0, 0.05) is 17.2 Å². The minimum atomic E-state index is 0. The molecule has 0 aromatic heterocycles. The number of benzene rings is 1. The fourth-order valence-corrected chi connectivity index (χ4v) is 0.634. The number of nitrogens with zero attached hydrogens (tertiary/aromatic N) is 2. The number of hydrogen-bond donors (Lipinski definition) is 0. The molecule has 0 saturated heterocycles. The molecule has 5 heteroatoms. The monoisotopic (exact) mass is 192 g/mol. The van der Waals surface area contributed by atoms with E-state index in [0.717, 1.165) is 0 Å². The molecule has 0 heterocycles. The molecule has 60 valence electrons. The maximum atomic E-state index is 8.21. The SMILES string of the molecule is N#[N+]c1ccc(Cl)cc1.O.[Cl-]. The van der Waals surface area contributed by atoms with Crippen molar-refractivity contribution in [2.75, 3.05) is 0 Å². The highest BCUT2D eigenvalue weighted by molar-refractivity contribution is 6.30. The lowest BCUT2D eigenvalue weighted by atomic mass is 10.3. The molecule has 0 aliphatic heterocycles. The van der Waals surface area contributed by atoms with Crippen LogP contribution < -0.4 is 12.4 Å². The van der Waals surface area contributed by atoms with Crippen molar-refractivity contribution in [1.82, 2.24) is 0 Å². The first-order valence-corrected chi connectivity index (χ1v) is 2.81.